The minimum atomic E-state index is -0.0114. The molecule has 0 nitrogen and oxygen atoms in total. The summed E-state index contributed by atoms with van der Waals surface area (Å²) in [6.45, 7) is 27.8. The van der Waals surface area contributed by atoms with Crippen molar-refractivity contribution < 1.29 is 0 Å². The Kier molecular flexibility index (Phi) is 13.0. The highest BCUT2D eigenvalue weighted by molar-refractivity contribution is 6.41. The molecule has 0 heterocycles. The van der Waals surface area contributed by atoms with E-state index < -0.39 is 0 Å². The fourth-order valence-electron chi connectivity index (χ4n) is 19.2. The maximum atomic E-state index is 2.50. The lowest BCUT2D eigenvalue weighted by molar-refractivity contribution is 0.590. The highest BCUT2D eigenvalue weighted by atomic mass is 14.3. The van der Waals surface area contributed by atoms with E-state index in [9.17, 15) is 0 Å². The van der Waals surface area contributed by atoms with Gasteiger partial charge in [-0.1, -0.05) is 314 Å². The Morgan fingerprint density at radius 1 is 0.151 bits per heavy atom. The van der Waals surface area contributed by atoms with Gasteiger partial charge in [-0.3, -0.25) is 0 Å². The fraction of sp³-hybridized carbons (Fsp3) is 0.151. The maximum Gasteiger partial charge on any atom is -0.00199 e. The predicted octanol–water partition coefficient (Wildman–Crippen LogP) is 30.9. The molecule has 0 saturated heterocycles. The molecule has 0 bridgehead atoms. The highest BCUT2D eigenvalue weighted by Crippen LogP contribution is 2.52. The molecule has 0 spiro atoms. The molecule has 0 saturated carbocycles. The van der Waals surface area contributed by atoms with Crippen LogP contribution in [0.5, 0.6) is 0 Å². The van der Waals surface area contributed by atoms with Crippen LogP contribution in [0, 0.1) is 0 Å². The first kappa shape index (κ1) is 62.8. The van der Waals surface area contributed by atoms with Crippen LogP contribution in [0.2, 0.25) is 0 Å². The summed E-state index contributed by atoms with van der Waals surface area (Å²) in [5, 5.41) is 45.5. The highest BCUT2D eigenvalue weighted by Gasteiger charge is 2.27. The summed E-state index contributed by atoms with van der Waals surface area (Å²) in [6.07, 6.45) is 0. The molecule has 0 unspecified atom stereocenters. The van der Waals surface area contributed by atoms with Crippen LogP contribution >= 0.6 is 0 Å². The summed E-state index contributed by atoms with van der Waals surface area (Å²) in [4.78, 5) is 0. The molecule has 22 rings (SSSR count). The number of hydrogen-bond acceptors (Lipinski definition) is 0. The summed E-state index contributed by atoms with van der Waals surface area (Å²) in [7, 11) is 0. The molecule has 0 radical (unpaired) electrons. The largest absolute Gasteiger partial charge is 0.0616 e. The Morgan fingerprint density at radius 2 is 0.472 bits per heavy atom. The normalized spacial score (nSPS) is 13.1. The van der Waals surface area contributed by atoms with Crippen molar-refractivity contribution in [1.82, 2.24) is 0 Å². The lowest BCUT2D eigenvalue weighted by Gasteiger charge is -2.26. The number of hydrogen-bond donors (Lipinski definition) is 0. The summed E-state index contributed by atoms with van der Waals surface area (Å²) >= 11 is 0. The van der Waals surface area contributed by atoms with Crippen molar-refractivity contribution in [2.45, 2.75) is 105 Å². The molecule has 506 valence electrons. The van der Waals surface area contributed by atoms with E-state index in [1.165, 1.54) is 239 Å². The van der Waals surface area contributed by atoms with Gasteiger partial charge in [-0.25, -0.2) is 0 Å². The van der Waals surface area contributed by atoms with Crippen LogP contribution < -0.4 is 0 Å². The lowest BCUT2D eigenvalue weighted by Crippen LogP contribution is -2.13. The standard InChI is InChI=1S/C54H42.C52H40/c1-53(2,3)33-20-17-31(18-21-33)35-24-22-34(54(4,5)6)28-47(35)39-25-26-44-46-27-32-19-23-38-42-15-9-13-40-36-11-7-8-12-37(36)50(52(40)42)30-48(38)45(32)29-49(46)43-16-10-14-41(39)51(43)44;1-51(2,3)32-19-17-29-26-48(52(4,5)6)46(25-31(29)23-32)36-21-22-41-43-24-30-18-20-35-38-14-9-13-37-33-11-7-8-12-34(33)47(50(37)38)28-44(35)42(30)27-45(43)40-16-10-15-39(36)49(40)41/h7-30H,1-6H3;7-28H,1-6H3. The summed E-state index contributed by atoms with van der Waals surface area (Å²) in [6, 6.07) is 108. The summed E-state index contributed by atoms with van der Waals surface area (Å²) in [5.74, 6) is 0. The van der Waals surface area contributed by atoms with Crippen LogP contribution in [0.3, 0.4) is 0 Å². The first-order valence-electron chi connectivity index (χ1n) is 38.2. The lowest BCUT2D eigenvalue weighted by atomic mass is 9.78. The molecule has 22 aromatic carbocycles. The molecule has 0 N–H and O–H groups in total. The van der Waals surface area contributed by atoms with Gasteiger partial charge in [-0.05, 0) is 309 Å². The van der Waals surface area contributed by atoms with E-state index >= 15 is 0 Å². The third-order valence-corrected chi connectivity index (χ3v) is 24.7. The van der Waals surface area contributed by atoms with Gasteiger partial charge < -0.3 is 0 Å². The van der Waals surface area contributed by atoms with Crippen LogP contribution in [-0.2, 0) is 21.7 Å². The monoisotopic (exact) mass is 1350 g/mol. The zero-order valence-electron chi connectivity index (χ0n) is 62.6. The maximum absolute atomic E-state index is 2.50. The first-order chi connectivity index (χ1) is 51.1. The van der Waals surface area contributed by atoms with E-state index in [0.29, 0.717) is 0 Å². The predicted molar refractivity (Wildman–Crippen MR) is 466 cm³/mol. The van der Waals surface area contributed by atoms with Crippen molar-refractivity contribution in [2.75, 3.05) is 0 Å². The van der Waals surface area contributed by atoms with Gasteiger partial charge in [-0.15, -0.1) is 0 Å². The molecule has 0 aromatic heterocycles. The van der Waals surface area contributed by atoms with Gasteiger partial charge in [-0.2, -0.15) is 0 Å². The first-order valence-corrected chi connectivity index (χ1v) is 38.2. The quantitative estimate of drug-likeness (QED) is 0.155. The molecular formula is C106H82. The number of benzene rings is 18. The van der Waals surface area contributed by atoms with Crippen molar-refractivity contribution >= 4 is 183 Å². The van der Waals surface area contributed by atoms with Gasteiger partial charge in [0.05, 0.1) is 0 Å². The van der Waals surface area contributed by atoms with Crippen molar-refractivity contribution in [3.8, 4) is 33.4 Å². The summed E-state index contributed by atoms with van der Waals surface area (Å²) in [5.41, 5.74) is 13.5. The zero-order valence-corrected chi connectivity index (χ0v) is 62.6. The molecule has 0 aliphatic heterocycles. The van der Waals surface area contributed by atoms with E-state index in [4.69, 9.17) is 0 Å². The van der Waals surface area contributed by atoms with Gasteiger partial charge in [0.2, 0.25) is 0 Å². The third kappa shape index (κ3) is 9.13. The van der Waals surface area contributed by atoms with Gasteiger partial charge in [0.15, 0.2) is 0 Å². The van der Waals surface area contributed by atoms with E-state index in [2.05, 4.69) is 362 Å². The average Bonchev–Trinajstić information content (AvgIpc) is 1.54. The molecule has 106 heavy (non-hydrogen) atoms. The molecule has 0 aliphatic rings. The smallest absolute Gasteiger partial charge is 0.00199 e. The average molecular weight is 1360 g/mol. The van der Waals surface area contributed by atoms with Gasteiger partial charge in [0.25, 0.3) is 0 Å². The summed E-state index contributed by atoms with van der Waals surface area (Å²) < 4.78 is 0. The van der Waals surface area contributed by atoms with E-state index in [0.717, 1.165) is 0 Å². The van der Waals surface area contributed by atoms with E-state index in [1.54, 1.807) is 0 Å². The van der Waals surface area contributed by atoms with Crippen LogP contribution in [0.15, 0.2) is 279 Å². The van der Waals surface area contributed by atoms with Crippen LogP contribution in [0.25, 0.3) is 217 Å². The molecule has 0 heteroatoms. The van der Waals surface area contributed by atoms with E-state index in [1.807, 2.05) is 0 Å². The van der Waals surface area contributed by atoms with Gasteiger partial charge >= 0.3 is 0 Å². The Labute approximate surface area is 618 Å². The van der Waals surface area contributed by atoms with Crippen LogP contribution in [-0.4, -0.2) is 0 Å². The number of fused-ring (bicyclic) bond motifs is 21. The van der Waals surface area contributed by atoms with Crippen molar-refractivity contribution in [3.05, 3.63) is 301 Å². The van der Waals surface area contributed by atoms with Crippen LogP contribution in [0.1, 0.15) is 105 Å². The molecule has 0 amide bonds. The molecule has 0 fully saturated rings. The second-order valence-electron chi connectivity index (χ2n) is 35.0. The van der Waals surface area contributed by atoms with Gasteiger partial charge in [0.1, 0.15) is 0 Å². The fourth-order valence-corrected chi connectivity index (χ4v) is 19.2. The number of rotatable bonds is 3. The Balaban J connectivity index is 0.000000136. The third-order valence-electron chi connectivity index (χ3n) is 24.7. The minimum Gasteiger partial charge on any atom is -0.0616 e. The zero-order chi connectivity index (χ0) is 71.9. The molecule has 0 aliphatic carbocycles. The Morgan fingerprint density at radius 3 is 0.934 bits per heavy atom. The topological polar surface area (TPSA) is 0 Å². The molecule has 0 atom stereocenters. The Bertz CT molecular complexity index is 7490. The minimum absolute atomic E-state index is 0.0114. The molecule has 22 aromatic rings. The second kappa shape index (κ2) is 21.9. The van der Waals surface area contributed by atoms with E-state index in [-0.39, 0.29) is 21.7 Å². The Hall–Kier alpha value is -11.7. The van der Waals surface area contributed by atoms with Crippen molar-refractivity contribution in [1.29, 1.82) is 0 Å². The second-order valence-corrected chi connectivity index (χ2v) is 35.0. The van der Waals surface area contributed by atoms with Crippen LogP contribution in [0.4, 0.5) is 0 Å². The van der Waals surface area contributed by atoms with Crippen molar-refractivity contribution in [2.24, 2.45) is 0 Å². The van der Waals surface area contributed by atoms with Crippen molar-refractivity contribution in [3.63, 3.8) is 0 Å². The molecular weight excluding hydrogens is 1270 g/mol. The van der Waals surface area contributed by atoms with Gasteiger partial charge in [0, 0.05) is 0 Å². The SMILES string of the molecule is CC(C)(C)c1ccc(-c2ccc(C(C)(C)C)cc2-c2ccc3c4cc5ccc6c(cc7c8ccccc8c8cccc6c87)c5cc4c4cccc2c34)cc1.CC(C)(C)c1ccc2cc(C(C)(C)C)c(-c3ccc4c5cc6ccc7c(cc8c9ccccc9c9cccc7c98)c6cc5c5cccc3c45)cc2c1.